The second kappa shape index (κ2) is 5.72. The van der Waals surface area contributed by atoms with Gasteiger partial charge in [-0.2, -0.15) is 0 Å². The second-order valence-electron chi connectivity index (χ2n) is 4.38. The van der Waals surface area contributed by atoms with Crippen LogP contribution in [0, 0.1) is 11.6 Å². The lowest BCUT2D eigenvalue weighted by molar-refractivity contribution is 0.102. The van der Waals surface area contributed by atoms with E-state index in [2.05, 4.69) is 15.3 Å². The Kier molecular flexibility index (Phi) is 3.61. The molecule has 1 N–H and O–H groups in total. The number of pyridine rings is 1. The molecule has 0 saturated heterocycles. The first-order chi connectivity index (χ1) is 10.6. The van der Waals surface area contributed by atoms with Crippen molar-refractivity contribution >= 4 is 11.9 Å². The highest BCUT2D eigenvalue weighted by Gasteiger charge is 2.11. The summed E-state index contributed by atoms with van der Waals surface area (Å²) in [4.78, 5) is 19.8. The van der Waals surface area contributed by atoms with Crippen molar-refractivity contribution in [2.75, 3.05) is 5.32 Å². The average Bonchev–Trinajstić information content (AvgIpc) is 2.99. The summed E-state index contributed by atoms with van der Waals surface area (Å²) >= 11 is 0. The number of hydrogen-bond donors (Lipinski definition) is 1. The van der Waals surface area contributed by atoms with Gasteiger partial charge < -0.3 is 4.42 Å². The minimum Gasteiger partial charge on any atom is -0.432 e. The fourth-order valence-electron chi connectivity index (χ4n) is 1.89. The molecular weight excluding hydrogens is 292 g/mol. The molecule has 0 bridgehead atoms. The summed E-state index contributed by atoms with van der Waals surface area (Å²) in [5.41, 5.74) is 0.773. The van der Waals surface area contributed by atoms with Gasteiger partial charge in [0.2, 0.25) is 0 Å². The van der Waals surface area contributed by atoms with Gasteiger partial charge in [0.15, 0.2) is 0 Å². The van der Waals surface area contributed by atoms with Crippen LogP contribution in [0.3, 0.4) is 0 Å². The number of oxazole rings is 1. The molecule has 7 heteroatoms. The molecule has 0 saturated carbocycles. The van der Waals surface area contributed by atoms with E-state index in [1.54, 1.807) is 0 Å². The maximum absolute atomic E-state index is 13.3. The molecule has 0 unspecified atom stereocenters. The topological polar surface area (TPSA) is 68.0 Å². The molecule has 22 heavy (non-hydrogen) atoms. The normalized spacial score (nSPS) is 10.5. The fourth-order valence-corrected chi connectivity index (χ4v) is 1.89. The summed E-state index contributed by atoms with van der Waals surface area (Å²) in [5.74, 6) is -1.90. The molecule has 2 heterocycles. The van der Waals surface area contributed by atoms with Crippen LogP contribution in [0.4, 0.5) is 14.8 Å². The van der Waals surface area contributed by atoms with Gasteiger partial charge in [-0.05, 0) is 24.3 Å². The van der Waals surface area contributed by atoms with E-state index in [1.807, 2.05) is 0 Å². The first-order valence-electron chi connectivity index (χ1n) is 6.25. The van der Waals surface area contributed by atoms with Crippen molar-refractivity contribution in [1.82, 2.24) is 9.97 Å². The number of halogens is 2. The van der Waals surface area contributed by atoms with Crippen molar-refractivity contribution in [1.29, 1.82) is 0 Å². The van der Waals surface area contributed by atoms with Crippen molar-refractivity contribution in [2.24, 2.45) is 0 Å². The van der Waals surface area contributed by atoms with Crippen LogP contribution in [0.1, 0.15) is 10.4 Å². The number of nitrogens with one attached hydrogen (secondary N) is 1. The summed E-state index contributed by atoms with van der Waals surface area (Å²) < 4.78 is 31.4. The lowest BCUT2D eigenvalue weighted by Gasteiger charge is -2.05. The summed E-state index contributed by atoms with van der Waals surface area (Å²) in [5, 5.41) is 2.45. The molecule has 3 rings (SSSR count). The Morgan fingerprint density at radius 2 is 1.82 bits per heavy atom. The van der Waals surface area contributed by atoms with Gasteiger partial charge >= 0.3 is 6.01 Å². The highest BCUT2D eigenvalue weighted by molar-refractivity contribution is 6.03. The van der Waals surface area contributed by atoms with E-state index < -0.39 is 17.5 Å². The van der Waals surface area contributed by atoms with Gasteiger partial charge in [-0.1, -0.05) is 0 Å². The molecule has 0 spiro atoms. The zero-order valence-corrected chi connectivity index (χ0v) is 11.1. The zero-order chi connectivity index (χ0) is 15.5. The van der Waals surface area contributed by atoms with Crippen LogP contribution in [0.15, 0.2) is 53.4 Å². The maximum atomic E-state index is 13.3. The number of rotatable bonds is 3. The maximum Gasteiger partial charge on any atom is 0.301 e. The van der Waals surface area contributed by atoms with Crippen LogP contribution >= 0.6 is 0 Å². The van der Waals surface area contributed by atoms with Crippen LogP contribution in [0.2, 0.25) is 0 Å². The van der Waals surface area contributed by atoms with Crippen LogP contribution < -0.4 is 5.32 Å². The Bertz CT molecular complexity index is 799. The van der Waals surface area contributed by atoms with Crippen LogP contribution in [-0.4, -0.2) is 15.9 Å². The lowest BCUT2D eigenvalue weighted by Crippen LogP contribution is -2.12. The van der Waals surface area contributed by atoms with Crippen LogP contribution in [0.5, 0.6) is 0 Å². The van der Waals surface area contributed by atoms with E-state index in [0.717, 1.165) is 18.2 Å². The smallest absolute Gasteiger partial charge is 0.301 e. The number of carbonyl (C=O) groups is 1. The monoisotopic (exact) mass is 301 g/mol. The Hall–Kier alpha value is -3.09. The van der Waals surface area contributed by atoms with Gasteiger partial charge in [-0.3, -0.25) is 15.1 Å². The van der Waals surface area contributed by atoms with Crippen molar-refractivity contribution in [2.45, 2.75) is 0 Å². The number of hydrogen-bond acceptors (Lipinski definition) is 4. The first-order valence-corrected chi connectivity index (χ1v) is 6.25. The predicted octanol–water partition coefficient (Wildman–Crippen LogP) is 3.27. The Morgan fingerprint density at radius 3 is 2.50 bits per heavy atom. The lowest BCUT2D eigenvalue weighted by atomic mass is 10.1. The Morgan fingerprint density at radius 1 is 1.05 bits per heavy atom. The molecule has 0 aliphatic heterocycles. The average molecular weight is 301 g/mol. The van der Waals surface area contributed by atoms with Gasteiger partial charge in [0.1, 0.15) is 17.9 Å². The number of nitrogens with zero attached hydrogens (tertiary/aromatic N) is 2. The number of benzene rings is 1. The third-order valence-corrected chi connectivity index (χ3v) is 2.83. The molecule has 5 nitrogen and oxygen atoms in total. The summed E-state index contributed by atoms with van der Waals surface area (Å²) in [6, 6.07) is 6.00. The van der Waals surface area contributed by atoms with Crippen LogP contribution in [0.25, 0.3) is 11.3 Å². The summed E-state index contributed by atoms with van der Waals surface area (Å²) in [6.45, 7) is 0. The van der Waals surface area contributed by atoms with Gasteiger partial charge in [-0.25, -0.2) is 13.8 Å². The molecule has 0 radical (unpaired) electrons. The largest absolute Gasteiger partial charge is 0.432 e. The second-order valence-corrected chi connectivity index (χ2v) is 4.38. The Balaban J connectivity index is 1.90. The van der Waals surface area contributed by atoms with Crippen molar-refractivity contribution in [3.8, 4) is 11.3 Å². The molecule has 0 atom stereocenters. The van der Waals surface area contributed by atoms with Crippen molar-refractivity contribution in [3.63, 3.8) is 0 Å². The third kappa shape index (κ3) is 2.98. The van der Waals surface area contributed by atoms with Gasteiger partial charge in [-0.15, -0.1) is 0 Å². The molecule has 0 aliphatic carbocycles. The SMILES string of the molecule is O=C(Nc1ncco1)c1ccnc(-c2cc(F)cc(F)c2)c1. The van der Waals surface area contributed by atoms with Crippen molar-refractivity contribution < 1.29 is 18.0 Å². The van der Waals surface area contributed by atoms with Crippen LogP contribution in [-0.2, 0) is 0 Å². The predicted molar refractivity (Wildman–Crippen MR) is 74.0 cm³/mol. The zero-order valence-electron chi connectivity index (χ0n) is 11.1. The third-order valence-electron chi connectivity index (χ3n) is 2.83. The molecule has 0 fully saturated rings. The summed E-state index contributed by atoms with van der Waals surface area (Å²) in [7, 11) is 0. The van der Waals surface area contributed by atoms with E-state index in [0.29, 0.717) is 0 Å². The molecule has 1 aromatic carbocycles. The van der Waals surface area contributed by atoms with Gasteiger partial charge in [0, 0.05) is 23.4 Å². The minimum absolute atomic E-state index is 0.0557. The number of anilines is 1. The molecule has 1 amide bonds. The molecule has 110 valence electrons. The standard InChI is InChI=1S/C15H9F2N3O2/c16-11-5-10(6-12(17)8-11)13-7-9(1-2-18-13)14(21)20-15-19-3-4-22-15/h1-8H,(H,19,20,21). The number of aromatic nitrogens is 2. The quantitative estimate of drug-likeness (QED) is 0.806. The molecular formula is C15H9F2N3O2. The fraction of sp³-hybridized carbons (Fsp3) is 0. The molecule has 0 aliphatic rings. The molecule has 3 aromatic rings. The highest BCUT2D eigenvalue weighted by atomic mass is 19.1. The van der Waals surface area contributed by atoms with E-state index in [-0.39, 0.29) is 22.8 Å². The summed E-state index contributed by atoms with van der Waals surface area (Å²) in [6.07, 6.45) is 4.09. The van der Waals surface area contributed by atoms with Gasteiger partial charge in [0.25, 0.3) is 5.91 Å². The number of carbonyl (C=O) groups excluding carboxylic acids is 1. The Labute approximate surface area is 123 Å². The minimum atomic E-state index is -0.716. The first kappa shape index (κ1) is 13.9. The highest BCUT2D eigenvalue weighted by Crippen LogP contribution is 2.21. The van der Waals surface area contributed by atoms with E-state index in [9.17, 15) is 13.6 Å². The van der Waals surface area contributed by atoms with Gasteiger partial charge in [0.05, 0.1) is 11.9 Å². The van der Waals surface area contributed by atoms with E-state index in [1.165, 1.54) is 30.8 Å². The number of amides is 1. The van der Waals surface area contributed by atoms with E-state index in [4.69, 9.17) is 4.42 Å². The van der Waals surface area contributed by atoms with E-state index >= 15 is 0 Å². The molecule has 2 aromatic heterocycles. The van der Waals surface area contributed by atoms with Crippen molar-refractivity contribution in [3.05, 3.63) is 66.2 Å².